The van der Waals surface area contributed by atoms with E-state index in [9.17, 15) is 24.5 Å². The molecule has 1 unspecified atom stereocenters. The van der Waals surface area contributed by atoms with Gasteiger partial charge >= 0.3 is 11.9 Å². The van der Waals surface area contributed by atoms with Crippen LogP contribution in [0.4, 0.5) is 5.69 Å². The lowest BCUT2D eigenvalue weighted by Crippen LogP contribution is -2.25. The van der Waals surface area contributed by atoms with Crippen LogP contribution in [0.3, 0.4) is 0 Å². The number of rotatable bonds is 7. The van der Waals surface area contributed by atoms with E-state index in [2.05, 4.69) is 4.98 Å². The summed E-state index contributed by atoms with van der Waals surface area (Å²) in [4.78, 5) is 50.2. The van der Waals surface area contributed by atoms with E-state index >= 15 is 0 Å². The van der Waals surface area contributed by atoms with Gasteiger partial charge in [0.2, 0.25) is 11.5 Å². The number of nitro groups is 1. The zero-order valence-electron chi connectivity index (χ0n) is 17.8. The van der Waals surface area contributed by atoms with Gasteiger partial charge < -0.3 is 18.9 Å². The van der Waals surface area contributed by atoms with Gasteiger partial charge in [-0.1, -0.05) is 0 Å². The third-order valence-electron chi connectivity index (χ3n) is 4.90. The maximum absolute atomic E-state index is 12.8. The second kappa shape index (κ2) is 8.88. The zero-order valence-corrected chi connectivity index (χ0v) is 17.8. The molecule has 0 fully saturated rings. The molecule has 10 nitrogen and oxygen atoms in total. The molecular formula is C22H20N2O8. The van der Waals surface area contributed by atoms with Crippen molar-refractivity contribution in [1.82, 2.24) is 4.98 Å². The van der Waals surface area contributed by atoms with Gasteiger partial charge in [-0.15, -0.1) is 0 Å². The van der Waals surface area contributed by atoms with E-state index in [-0.39, 0.29) is 22.7 Å². The fourth-order valence-corrected chi connectivity index (χ4v) is 3.23. The second-order valence-corrected chi connectivity index (χ2v) is 7.00. The molecule has 2 aromatic heterocycles. The van der Waals surface area contributed by atoms with Crippen molar-refractivity contribution in [2.24, 2.45) is 0 Å². The number of aromatic nitrogens is 1. The number of nitrogens with zero attached hydrogens (tertiary/aromatic N) is 1. The SMILES string of the molecule is COC(=O)c1c(C)[nH]c(C(=O)C(C)OC(=O)c2ccc(-c3ccc([N+](=O)[O-])cc3)o2)c1C. The van der Waals surface area contributed by atoms with Gasteiger partial charge in [0, 0.05) is 23.4 Å². The Hall–Kier alpha value is -4.21. The summed E-state index contributed by atoms with van der Waals surface area (Å²) >= 11 is 0. The summed E-state index contributed by atoms with van der Waals surface area (Å²) in [5, 5.41) is 10.8. The van der Waals surface area contributed by atoms with Gasteiger partial charge in [0.15, 0.2) is 6.10 Å². The Bertz CT molecular complexity index is 1200. The Morgan fingerprint density at radius 3 is 2.31 bits per heavy atom. The number of non-ortho nitro benzene ring substituents is 1. The summed E-state index contributed by atoms with van der Waals surface area (Å²) in [6.07, 6.45) is -1.15. The first-order valence-corrected chi connectivity index (χ1v) is 9.51. The smallest absolute Gasteiger partial charge is 0.374 e. The van der Waals surface area contributed by atoms with Gasteiger partial charge in [0.05, 0.1) is 23.3 Å². The quantitative estimate of drug-likeness (QED) is 0.251. The van der Waals surface area contributed by atoms with Crippen molar-refractivity contribution < 1.29 is 33.2 Å². The Morgan fingerprint density at radius 1 is 1.06 bits per heavy atom. The summed E-state index contributed by atoms with van der Waals surface area (Å²) < 4.78 is 15.5. The molecule has 0 aliphatic rings. The first kappa shape index (κ1) is 22.5. The van der Waals surface area contributed by atoms with E-state index in [1.165, 1.54) is 50.4 Å². The van der Waals surface area contributed by atoms with Crippen molar-refractivity contribution in [2.75, 3.05) is 7.11 Å². The Kier molecular flexibility index (Phi) is 6.24. The number of H-pyrrole nitrogens is 1. The number of ketones is 1. The number of hydrogen-bond donors (Lipinski definition) is 1. The lowest BCUT2D eigenvalue weighted by Gasteiger charge is -2.11. The van der Waals surface area contributed by atoms with Gasteiger partial charge in [-0.3, -0.25) is 14.9 Å². The predicted molar refractivity (Wildman–Crippen MR) is 112 cm³/mol. The standard InChI is InChI=1S/C22H20N2O8/c1-11-18(22(27)30-4)12(2)23-19(11)20(25)13(3)31-21(26)17-10-9-16(32-17)14-5-7-15(8-6-14)24(28)29/h5-10,13,23H,1-4H3. The molecule has 0 radical (unpaired) electrons. The van der Waals surface area contributed by atoms with Gasteiger partial charge in [0.25, 0.3) is 5.69 Å². The fraction of sp³-hybridized carbons (Fsp3) is 0.227. The molecule has 0 saturated heterocycles. The molecule has 0 spiro atoms. The van der Waals surface area contributed by atoms with Gasteiger partial charge in [-0.05, 0) is 50.6 Å². The molecule has 0 saturated carbocycles. The first-order chi connectivity index (χ1) is 15.1. The largest absolute Gasteiger partial charge is 0.465 e. The highest BCUT2D eigenvalue weighted by molar-refractivity contribution is 6.04. The molecule has 32 heavy (non-hydrogen) atoms. The number of Topliss-reactive ketones (excluding diaryl/α,β-unsaturated/α-hetero) is 1. The highest BCUT2D eigenvalue weighted by Gasteiger charge is 2.28. The third kappa shape index (κ3) is 4.29. The maximum atomic E-state index is 12.8. The molecule has 0 aliphatic carbocycles. The number of carbonyl (C=O) groups is 3. The minimum absolute atomic E-state index is 0.0718. The van der Waals surface area contributed by atoms with Crippen molar-refractivity contribution in [3.63, 3.8) is 0 Å². The summed E-state index contributed by atoms with van der Waals surface area (Å²) in [6, 6.07) is 8.53. The lowest BCUT2D eigenvalue weighted by molar-refractivity contribution is -0.384. The minimum Gasteiger partial charge on any atom is -0.465 e. The van der Waals surface area contributed by atoms with E-state index in [4.69, 9.17) is 13.9 Å². The molecule has 3 aromatic rings. The maximum Gasteiger partial charge on any atom is 0.374 e. The highest BCUT2D eigenvalue weighted by Crippen LogP contribution is 2.26. The summed E-state index contributed by atoms with van der Waals surface area (Å²) in [6.45, 7) is 4.64. The molecule has 1 N–H and O–H groups in total. The number of furan rings is 1. The second-order valence-electron chi connectivity index (χ2n) is 7.00. The number of methoxy groups -OCH3 is 1. The first-order valence-electron chi connectivity index (χ1n) is 9.51. The van der Waals surface area contributed by atoms with Crippen LogP contribution in [-0.2, 0) is 9.47 Å². The monoisotopic (exact) mass is 440 g/mol. The molecule has 3 rings (SSSR count). The molecule has 1 atom stereocenters. The normalized spacial score (nSPS) is 11.6. The van der Waals surface area contributed by atoms with Crippen molar-refractivity contribution in [3.05, 3.63) is 74.8 Å². The summed E-state index contributed by atoms with van der Waals surface area (Å²) in [5.74, 6) is -1.77. The molecule has 2 heterocycles. The summed E-state index contributed by atoms with van der Waals surface area (Å²) in [7, 11) is 1.24. The van der Waals surface area contributed by atoms with Crippen LogP contribution >= 0.6 is 0 Å². The van der Waals surface area contributed by atoms with Crippen LogP contribution in [0.1, 0.15) is 49.6 Å². The van der Waals surface area contributed by atoms with Crippen LogP contribution in [0.5, 0.6) is 0 Å². The van der Waals surface area contributed by atoms with Crippen LogP contribution in [0.25, 0.3) is 11.3 Å². The number of carbonyl (C=O) groups excluding carboxylic acids is 3. The number of nitro benzene ring substituents is 1. The Morgan fingerprint density at radius 2 is 1.72 bits per heavy atom. The third-order valence-corrected chi connectivity index (χ3v) is 4.90. The lowest BCUT2D eigenvalue weighted by atomic mass is 10.1. The molecule has 0 bridgehead atoms. The predicted octanol–water partition coefficient (Wildman–Crippen LogP) is 4.01. The number of aryl methyl sites for hydroxylation is 1. The number of ether oxygens (including phenoxy) is 2. The molecule has 166 valence electrons. The average molecular weight is 440 g/mol. The number of esters is 2. The average Bonchev–Trinajstić information content (AvgIpc) is 3.37. The molecule has 10 heteroatoms. The number of aromatic amines is 1. The van der Waals surface area contributed by atoms with Crippen LogP contribution in [0.15, 0.2) is 40.8 Å². The van der Waals surface area contributed by atoms with E-state index in [0.717, 1.165) is 0 Å². The number of nitrogens with one attached hydrogen (secondary N) is 1. The van der Waals surface area contributed by atoms with Crippen LogP contribution < -0.4 is 0 Å². The fourth-order valence-electron chi connectivity index (χ4n) is 3.23. The van der Waals surface area contributed by atoms with Crippen LogP contribution in [-0.4, -0.2) is 40.8 Å². The van der Waals surface area contributed by atoms with E-state index < -0.39 is 28.7 Å². The molecule has 0 amide bonds. The number of hydrogen-bond acceptors (Lipinski definition) is 8. The Labute approximate surface area is 182 Å². The van der Waals surface area contributed by atoms with E-state index in [1.54, 1.807) is 13.8 Å². The molecule has 1 aromatic carbocycles. The Balaban J connectivity index is 1.73. The summed E-state index contributed by atoms with van der Waals surface area (Å²) in [5.41, 5.74) is 1.74. The molecular weight excluding hydrogens is 420 g/mol. The van der Waals surface area contributed by atoms with Gasteiger partial charge in [-0.2, -0.15) is 0 Å². The molecule has 0 aliphatic heterocycles. The van der Waals surface area contributed by atoms with E-state index in [1.807, 2.05) is 0 Å². The van der Waals surface area contributed by atoms with Crippen LogP contribution in [0.2, 0.25) is 0 Å². The van der Waals surface area contributed by atoms with Crippen molar-refractivity contribution >= 4 is 23.4 Å². The van der Waals surface area contributed by atoms with E-state index in [0.29, 0.717) is 22.6 Å². The van der Waals surface area contributed by atoms with Crippen molar-refractivity contribution in [2.45, 2.75) is 26.9 Å². The van der Waals surface area contributed by atoms with Crippen molar-refractivity contribution in [3.8, 4) is 11.3 Å². The number of benzene rings is 1. The van der Waals surface area contributed by atoms with Gasteiger partial charge in [-0.25, -0.2) is 9.59 Å². The topological polar surface area (TPSA) is 142 Å². The van der Waals surface area contributed by atoms with Crippen LogP contribution in [0, 0.1) is 24.0 Å². The van der Waals surface area contributed by atoms with Crippen molar-refractivity contribution in [1.29, 1.82) is 0 Å². The minimum atomic E-state index is -1.15. The van der Waals surface area contributed by atoms with Gasteiger partial charge in [0.1, 0.15) is 5.76 Å². The zero-order chi connectivity index (χ0) is 23.6. The highest BCUT2D eigenvalue weighted by atomic mass is 16.6.